The molecule has 5 heteroatoms. The van der Waals surface area contributed by atoms with Gasteiger partial charge < -0.3 is 5.11 Å². The molecule has 0 radical (unpaired) electrons. The first-order valence-corrected chi connectivity index (χ1v) is 7.88. The summed E-state index contributed by atoms with van der Waals surface area (Å²) in [5.74, 6) is 0. The summed E-state index contributed by atoms with van der Waals surface area (Å²) in [6.07, 6.45) is 0.793. The molecule has 0 saturated carbocycles. The van der Waals surface area contributed by atoms with Crippen LogP contribution in [0.4, 0.5) is 0 Å². The Kier molecular flexibility index (Phi) is 3.78. The minimum absolute atomic E-state index is 0.424. The number of nitrogens with zero attached hydrogens (tertiary/aromatic N) is 3. The van der Waals surface area contributed by atoms with Crippen molar-refractivity contribution in [3.05, 3.63) is 46.2 Å². The molecule has 0 aliphatic heterocycles. The second-order valence-electron chi connectivity index (χ2n) is 5.41. The molecule has 3 rings (SSSR count). The minimum atomic E-state index is -0.424. The molecule has 2 aromatic heterocycles. The van der Waals surface area contributed by atoms with E-state index >= 15 is 0 Å². The zero-order valence-electron chi connectivity index (χ0n) is 12.5. The first-order chi connectivity index (χ1) is 10.0. The lowest BCUT2D eigenvalue weighted by molar-refractivity contribution is 0.175. The maximum absolute atomic E-state index is 10.4. The first kappa shape index (κ1) is 14.2. The van der Waals surface area contributed by atoms with Crippen LogP contribution in [0.2, 0.25) is 0 Å². The first-order valence-electron chi connectivity index (χ1n) is 7.06. The molecule has 0 fully saturated rings. The fraction of sp³-hybridized carbons (Fsp3) is 0.375. The lowest BCUT2D eigenvalue weighted by Gasteiger charge is -2.09. The number of hydrogen-bond donors (Lipinski definition) is 1. The third-order valence-electron chi connectivity index (χ3n) is 3.85. The van der Waals surface area contributed by atoms with Gasteiger partial charge in [-0.2, -0.15) is 5.10 Å². The number of hydrogen-bond acceptors (Lipinski definition) is 4. The molecule has 1 aromatic carbocycles. The van der Waals surface area contributed by atoms with Crippen molar-refractivity contribution in [3.8, 4) is 0 Å². The maximum Gasteiger partial charge on any atom is 0.0964 e. The molecule has 0 amide bonds. The van der Waals surface area contributed by atoms with Crippen molar-refractivity contribution in [2.24, 2.45) is 7.05 Å². The molecular weight excluding hydrogens is 282 g/mol. The molecule has 1 unspecified atom stereocenters. The Morgan fingerprint density at radius 2 is 2.00 bits per heavy atom. The lowest BCUT2D eigenvalue weighted by Crippen LogP contribution is -2.14. The summed E-state index contributed by atoms with van der Waals surface area (Å²) in [7, 11) is 1.94. The number of aromatic nitrogens is 3. The Hall–Kier alpha value is -1.72. The van der Waals surface area contributed by atoms with E-state index in [0.717, 1.165) is 27.5 Å². The second-order valence-corrected chi connectivity index (χ2v) is 6.53. The van der Waals surface area contributed by atoms with Crippen molar-refractivity contribution in [1.29, 1.82) is 0 Å². The zero-order chi connectivity index (χ0) is 15.0. The van der Waals surface area contributed by atoms with Crippen molar-refractivity contribution in [2.75, 3.05) is 0 Å². The van der Waals surface area contributed by atoms with E-state index in [1.54, 1.807) is 11.3 Å². The van der Waals surface area contributed by atoms with Crippen LogP contribution in [0.15, 0.2) is 24.3 Å². The highest BCUT2D eigenvalue weighted by molar-refractivity contribution is 7.18. The molecule has 3 aromatic rings. The van der Waals surface area contributed by atoms with Gasteiger partial charge in [-0.25, -0.2) is 4.98 Å². The Balaban J connectivity index is 1.75. The summed E-state index contributed by atoms with van der Waals surface area (Å²) in [6.45, 7) is 4.03. The number of aliphatic hydroxyl groups excluding tert-OH is 1. The van der Waals surface area contributed by atoms with Gasteiger partial charge in [-0.15, -0.1) is 11.3 Å². The van der Waals surface area contributed by atoms with E-state index in [1.807, 2.05) is 43.8 Å². The summed E-state index contributed by atoms with van der Waals surface area (Å²) in [5, 5.41) is 15.8. The van der Waals surface area contributed by atoms with Gasteiger partial charge in [0.05, 0.1) is 27.0 Å². The van der Waals surface area contributed by atoms with Crippen molar-refractivity contribution < 1.29 is 5.11 Å². The fourth-order valence-corrected chi connectivity index (χ4v) is 3.67. The number of para-hydroxylation sites is 1. The maximum atomic E-state index is 10.4. The molecule has 4 nitrogen and oxygen atoms in total. The van der Waals surface area contributed by atoms with Crippen LogP contribution in [0.25, 0.3) is 10.2 Å². The quantitative estimate of drug-likeness (QED) is 0.806. The lowest BCUT2D eigenvalue weighted by atomic mass is 10.0. The predicted octanol–water partition coefficient (Wildman–Crippen LogP) is 2.79. The van der Waals surface area contributed by atoms with Crippen LogP contribution in [-0.2, 0) is 19.9 Å². The molecule has 0 aliphatic rings. The third kappa shape index (κ3) is 2.84. The number of aliphatic hydroxyl groups is 1. The van der Waals surface area contributed by atoms with Crippen LogP contribution >= 0.6 is 11.3 Å². The third-order valence-corrected chi connectivity index (χ3v) is 4.91. The largest absolute Gasteiger partial charge is 0.392 e. The van der Waals surface area contributed by atoms with Crippen LogP contribution in [0, 0.1) is 13.8 Å². The van der Waals surface area contributed by atoms with Crippen LogP contribution in [0.1, 0.15) is 22.0 Å². The van der Waals surface area contributed by atoms with Crippen molar-refractivity contribution in [2.45, 2.75) is 32.8 Å². The molecule has 1 N–H and O–H groups in total. The molecule has 2 heterocycles. The SMILES string of the molecule is Cc1nn(C)c(C)c1CC(O)Cc1nc2ccccc2s1. The van der Waals surface area contributed by atoms with E-state index in [4.69, 9.17) is 0 Å². The highest BCUT2D eigenvalue weighted by atomic mass is 32.1. The van der Waals surface area contributed by atoms with Gasteiger partial charge in [-0.05, 0) is 31.5 Å². The molecule has 0 spiro atoms. The number of fused-ring (bicyclic) bond motifs is 1. The molecule has 21 heavy (non-hydrogen) atoms. The van der Waals surface area contributed by atoms with E-state index in [2.05, 4.69) is 16.1 Å². The predicted molar refractivity (Wildman–Crippen MR) is 85.7 cm³/mol. The van der Waals surface area contributed by atoms with Gasteiger partial charge in [0, 0.05) is 25.6 Å². The normalized spacial score (nSPS) is 13.0. The number of thiazole rings is 1. The van der Waals surface area contributed by atoms with E-state index in [-0.39, 0.29) is 0 Å². The van der Waals surface area contributed by atoms with Crippen LogP contribution in [0.3, 0.4) is 0 Å². The second kappa shape index (κ2) is 5.58. The monoisotopic (exact) mass is 301 g/mol. The Bertz CT molecular complexity index is 742. The van der Waals surface area contributed by atoms with Gasteiger partial charge >= 0.3 is 0 Å². The Morgan fingerprint density at radius 3 is 2.67 bits per heavy atom. The van der Waals surface area contributed by atoms with Crippen molar-refractivity contribution in [1.82, 2.24) is 14.8 Å². The van der Waals surface area contributed by atoms with E-state index in [1.165, 1.54) is 4.70 Å². The van der Waals surface area contributed by atoms with Crippen LogP contribution < -0.4 is 0 Å². The van der Waals surface area contributed by atoms with Gasteiger partial charge in [0.25, 0.3) is 0 Å². The summed E-state index contributed by atoms with van der Waals surface area (Å²) in [6, 6.07) is 8.09. The van der Waals surface area contributed by atoms with E-state index in [9.17, 15) is 5.11 Å². The summed E-state index contributed by atoms with van der Waals surface area (Å²) < 4.78 is 3.04. The fourth-order valence-electron chi connectivity index (χ4n) is 2.63. The van der Waals surface area contributed by atoms with Crippen molar-refractivity contribution >= 4 is 21.6 Å². The standard InChI is InChI=1S/C16H19N3OS/c1-10-13(11(2)19(3)18-10)8-12(20)9-16-17-14-6-4-5-7-15(14)21-16/h4-7,12,20H,8-9H2,1-3H3. The Labute approximate surface area is 128 Å². The highest BCUT2D eigenvalue weighted by Crippen LogP contribution is 2.23. The zero-order valence-corrected chi connectivity index (χ0v) is 13.3. The Morgan fingerprint density at radius 1 is 1.24 bits per heavy atom. The van der Waals surface area contributed by atoms with Gasteiger partial charge in [0.2, 0.25) is 0 Å². The van der Waals surface area contributed by atoms with Gasteiger partial charge in [0.15, 0.2) is 0 Å². The van der Waals surface area contributed by atoms with Crippen molar-refractivity contribution in [3.63, 3.8) is 0 Å². The average Bonchev–Trinajstić information content (AvgIpc) is 2.94. The average molecular weight is 301 g/mol. The van der Waals surface area contributed by atoms with Gasteiger partial charge in [-0.3, -0.25) is 4.68 Å². The topological polar surface area (TPSA) is 50.9 Å². The molecule has 0 saturated heterocycles. The molecule has 0 bridgehead atoms. The van der Waals surface area contributed by atoms with E-state index in [0.29, 0.717) is 12.8 Å². The van der Waals surface area contributed by atoms with Gasteiger partial charge in [-0.1, -0.05) is 12.1 Å². The van der Waals surface area contributed by atoms with Crippen LogP contribution in [-0.4, -0.2) is 26.0 Å². The smallest absolute Gasteiger partial charge is 0.0964 e. The number of benzene rings is 1. The minimum Gasteiger partial charge on any atom is -0.392 e. The molecule has 1 atom stereocenters. The number of rotatable bonds is 4. The molecule has 0 aliphatic carbocycles. The highest BCUT2D eigenvalue weighted by Gasteiger charge is 2.16. The number of aryl methyl sites for hydroxylation is 2. The van der Waals surface area contributed by atoms with Gasteiger partial charge in [0.1, 0.15) is 0 Å². The van der Waals surface area contributed by atoms with E-state index < -0.39 is 6.10 Å². The molecular formula is C16H19N3OS. The summed E-state index contributed by atoms with van der Waals surface area (Å²) in [5.41, 5.74) is 4.28. The summed E-state index contributed by atoms with van der Waals surface area (Å²) in [4.78, 5) is 4.58. The summed E-state index contributed by atoms with van der Waals surface area (Å²) >= 11 is 1.66. The van der Waals surface area contributed by atoms with Crippen LogP contribution in [0.5, 0.6) is 0 Å². The molecule has 110 valence electrons.